The van der Waals surface area contributed by atoms with Crippen LogP contribution in [0.25, 0.3) is 0 Å². The Balaban J connectivity index is 0.000000980. The summed E-state index contributed by atoms with van der Waals surface area (Å²) in [6.07, 6.45) is 0.136. The van der Waals surface area contributed by atoms with Gasteiger partial charge in [-0.05, 0) is 13.0 Å². The van der Waals surface area contributed by atoms with Crippen molar-refractivity contribution in [3.05, 3.63) is 29.8 Å². The molecule has 1 aliphatic heterocycles. The van der Waals surface area contributed by atoms with Crippen LogP contribution in [0, 0.1) is 0 Å². The smallest absolute Gasteiger partial charge is 0.123 e. The minimum absolute atomic E-state index is 0. The number of halogens is 1. The lowest BCUT2D eigenvalue weighted by atomic mass is 9.94. The lowest BCUT2D eigenvalue weighted by Crippen LogP contribution is -2.36. The summed E-state index contributed by atoms with van der Waals surface area (Å²) in [5.74, 6) is 1.41. The van der Waals surface area contributed by atoms with Gasteiger partial charge in [0.1, 0.15) is 11.9 Å². The van der Waals surface area contributed by atoms with Crippen LogP contribution in [0.5, 0.6) is 5.75 Å². The van der Waals surface area contributed by atoms with Gasteiger partial charge in [0.15, 0.2) is 0 Å². The van der Waals surface area contributed by atoms with Crippen LogP contribution >= 0.6 is 12.4 Å². The van der Waals surface area contributed by atoms with Crippen LogP contribution in [0.2, 0.25) is 0 Å². The molecule has 0 saturated carbocycles. The van der Waals surface area contributed by atoms with Gasteiger partial charge in [0, 0.05) is 17.5 Å². The fraction of sp³-hybridized carbons (Fsp3) is 0.455. The second-order valence-electron chi connectivity index (χ2n) is 3.77. The van der Waals surface area contributed by atoms with Crippen LogP contribution < -0.4 is 10.5 Å². The molecule has 0 aromatic heterocycles. The number of nitrogens with two attached hydrogens (primary N) is 1. The van der Waals surface area contributed by atoms with Crippen molar-refractivity contribution in [3.8, 4) is 5.75 Å². The van der Waals surface area contributed by atoms with E-state index in [1.165, 1.54) is 5.56 Å². The van der Waals surface area contributed by atoms with E-state index in [-0.39, 0.29) is 24.6 Å². The van der Waals surface area contributed by atoms with Gasteiger partial charge >= 0.3 is 0 Å². The molecule has 0 spiro atoms. The fourth-order valence-corrected chi connectivity index (χ4v) is 1.95. The summed E-state index contributed by atoms with van der Waals surface area (Å²) in [6, 6.07) is 8.25. The fourth-order valence-electron chi connectivity index (χ4n) is 1.95. The predicted octanol–water partition coefficient (Wildman–Crippen LogP) is 2.32. The molecule has 2 nitrogen and oxygen atoms in total. The summed E-state index contributed by atoms with van der Waals surface area (Å²) >= 11 is 0. The van der Waals surface area contributed by atoms with E-state index in [0.717, 1.165) is 5.75 Å². The van der Waals surface area contributed by atoms with Crippen molar-refractivity contribution in [2.45, 2.75) is 31.9 Å². The van der Waals surface area contributed by atoms with E-state index in [1.807, 2.05) is 25.1 Å². The summed E-state index contributed by atoms with van der Waals surface area (Å²) in [5, 5.41) is 0. The van der Waals surface area contributed by atoms with E-state index in [4.69, 9.17) is 10.5 Å². The van der Waals surface area contributed by atoms with Crippen LogP contribution in [-0.4, -0.2) is 12.1 Å². The number of benzene rings is 1. The number of ether oxygens (including phenoxy) is 1. The van der Waals surface area contributed by atoms with Crippen molar-refractivity contribution in [2.75, 3.05) is 0 Å². The van der Waals surface area contributed by atoms with Gasteiger partial charge in [-0.25, -0.2) is 0 Å². The summed E-state index contributed by atoms with van der Waals surface area (Å²) < 4.78 is 5.76. The van der Waals surface area contributed by atoms with Gasteiger partial charge in [-0.15, -0.1) is 12.4 Å². The number of rotatable bonds is 1. The van der Waals surface area contributed by atoms with E-state index < -0.39 is 0 Å². The quantitative estimate of drug-likeness (QED) is 0.777. The lowest BCUT2D eigenvalue weighted by Gasteiger charge is -2.18. The van der Waals surface area contributed by atoms with E-state index in [2.05, 4.69) is 13.0 Å². The first-order chi connectivity index (χ1) is 6.20. The summed E-state index contributed by atoms with van der Waals surface area (Å²) in [7, 11) is 0. The molecule has 0 bridgehead atoms. The largest absolute Gasteiger partial charge is 0.488 e. The molecule has 3 unspecified atom stereocenters. The highest BCUT2D eigenvalue weighted by Gasteiger charge is 2.32. The Morgan fingerprint density at radius 2 is 2.00 bits per heavy atom. The maximum absolute atomic E-state index is 5.84. The molecule has 0 amide bonds. The van der Waals surface area contributed by atoms with E-state index in [1.54, 1.807) is 0 Å². The molecule has 3 atom stereocenters. The molecule has 0 aliphatic carbocycles. The number of hydrogen-bond acceptors (Lipinski definition) is 2. The molecule has 14 heavy (non-hydrogen) atoms. The maximum Gasteiger partial charge on any atom is 0.123 e. The number of fused-ring (bicyclic) bond motifs is 1. The Morgan fingerprint density at radius 1 is 1.36 bits per heavy atom. The summed E-state index contributed by atoms with van der Waals surface area (Å²) in [6.45, 7) is 4.16. The Kier molecular flexibility index (Phi) is 3.40. The van der Waals surface area contributed by atoms with Crippen LogP contribution in [-0.2, 0) is 0 Å². The van der Waals surface area contributed by atoms with Crippen LogP contribution in [0.4, 0.5) is 0 Å². The molecular weight excluding hydrogens is 198 g/mol. The molecule has 1 aromatic rings. The molecule has 1 aromatic carbocycles. The predicted molar refractivity (Wildman–Crippen MR) is 60.2 cm³/mol. The second kappa shape index (κ2) is 4.20. The van der Waals surface area contributed by atoms with Gasteiger partial charge in [-0.1, -0.05) is 25.1 Å². The molecular formula is C11H16ClNO. The van der Waals surface area contributed by atoms with Gasteiger partial charge in [0.25, 0.3) is 0 Å². The van der Waals surface area contributed by atoms with Crippen molar-refractivity contribution < 1.29 is 4.74 Å². The van der Waals surface area contributed by atoms with E-state index >= 15 is 0 Å². The van der Waals surface area contributed by atoms with Crippen LogP contribution in [0.1, 0.15) is 25.3 Å². The van der Waals surface area contributed by atoms with Crippen LogP contribution in [0.3, 0.4) is 0 Å². The summed E-state index contributed by atoms with van der Waals surface area (Å²) in [4.78, 5) is 0. The SMILES string of the molecule is CC(N)C1Oc2ccccc2C1C.Cl. The molecule has 2 N–H and O–H groups in total. The average molecular weight is 214 g/mol. The third kappa shape index (κ3) is 1.72. The van der Waals surface area contributed by atoms with Crippen molar-refractivity contribution in [1.82, 2.24) is 0 Å². The van der Waals surface area contributed by atoms with Crippen molar-refractivity contribution in [1.29, 1.82) is 0 Å². The summed E-state index contributed by atoms with van der Waals surface area (Å²) in [5.41, 5.74) is 7.12. The first-order valence-corrected chi connectivity index (χ1v) is 4.71. The minimum Gasteiger partial charge on any atom is -0.488 e. The third-order valence-corrected chi connectivity index (χ3v) is 2.68. The Morgan fingerprint density at radius 3 is 2.57 bits per heavy atom. The van der Waals surface area contributed by atoms with Crippen molar-refractivity contribution in [2.24, 2.45) is 5.73 Å². The number of para-hydroxylation sites is 1. The average Bonchev–Trinajstić information content (AvgIpc) is 2.45. The van der Waals surface area contributed by atoms with Crippen molar-refractivity contribution in [3.63, 3.8) is 0 Å². The molecule has 0 saturated heterocycles. The molecule has 2 rings (SSSR count). The van der Waals surface area contributed by atoms with Gasteiger partial charge in [-0.2, -0.15) is 0 Å². The van der Waals surface area contributed by atoms with Gasteiger partial charge in [0.05, 0.1) is 0 Å². The van der Waals surface area contributed by atoms with Gasteiger partial charge < -0.3 is 10.5 Å². The molecule has 1 heterocycles. The van der Waals surface area contributed by atoms with E-state index in [9.17, 15) is 0 Å². The van der Waals surface area contributed by atoms with Gasteiger partial charge in [-0.3, -0.25) is 0 Å². The second-order valence-corrected chi connectivity index (χ2v) is 3.77. The molecule has 78 valence electrons. The molecule has 1 aliphatic rings. The third-order valence-electron chi connectivity index (χ3n) is 2.68. The monoisotopic (exact) mass is 213 g/mol. The Bertz CT molecular complexity index is 314. The number of hydrogen-bond donors (Lipinski definition) is 1. The zero-order valence-electron chi connectivity index (χ0n) is 8.44. The first-order valence-electron chi connectivity index (χ1n) is 4.71. The highest BCUT2D eigenvalue weighted by atomic mass is 35.5. The van der Waals surface area contributed by atoms with Gasteiger partial charge in [0.2, 0.25) is 0 Å². The minimum atomic E-state index is 0. The zero-order valence-corrected chi connectivity index (χ0v) is 9.25. The molecule has 3 heteroatoms. The first kappa shape index (κ1) is 11.3. The lowest BCUT2D eigenvalue weighted by molar-refractivity contribution is 0.185. The van der Waals surface area contributed by atoms with Crippen molar-refractivity contribution >= 4 is 12.4 Å². The zero-order chi connectivity index (χ0) is 9.42. The molecule has 0 fully saturated rings. The highest BCUT2D eigenvalue weighted by Crippen LogP contribution is 2.38. The Labute approximate surface area is 90.9 Å². The Hall–Kier alpha value is -0.730. The molecule has 0 radical (unpaired) electrons. The normalized spacial score (nSPS) is 25.9. The topological polar surface area (TPSA) is 35.2 Å². The highest BCUT2D eigenvalue weighted by molar-refractivity contribution is 5.85. The van der Waals surface area contributed by atoms with E-state index in [0.29, 0.717) is 5.92 Å². The van der Waals surface area contributed by atoms with Crippen LogP contribution in [0.15, 0.2) is 24.3 Å². The standard InChI is InChI=1S/C11H15NO.ClH/c1-7-9-5-3-4-6-10(9)13-11(7)8(2)12;/h3-8,11H,12H2,1-2H3;1H. The maximum atomic E-state index is 5.84.